The SMILES string of the molecule is CC1C(c2ccc3c(c2)OCO3)c2ccccc2CN1Cc1ccccc1. The average Bonchev–Trinajstić information content (AvgIpc) is 3.17. The highest BCUT2D eigenvalue weighted by atomic mass is 16.7. The van der Waals surface area contributed by atoms with Gasteiger partial charge in [0.2, 0.25) is 6.79 Å². The lowest BCUT2D eigenvalue weighted by Gasteiger charge is -2.41. The van der Waals surface area contributed by atoms with Crippen LogP contribution in [-0.4, -0.2) is 17.7 Å². The average molecular weight is 357 g/mol. The molecule has 0 fully saturated rings. The van der Waals surface area contributed by atoms with Gasteiger partial charge >= 0.3 is 0 Å². The molecule has 3 aromatic carbocycles. The van der Waals surface area contributed by atoms with Crippen molar-refractivity contribution in [3.63, 3.8) is 0 Å². The van der Waals surface area contributed by atoms with Crippen molar-refractivity contribution in [3.05, 3.63) is 95.1 Å². The number of rotatable bonds is 3. The lowest BCUT2D eigenvalue weighted by molar-refractivity contribution is 0.159. The molecule has 0 saturated heterocycles. The van der Waals surface area contributed by atoms with Gasteiger partial charge in [-0.15, -0.1) is 0 Å². The second kappa shape index (κ2) is 6.75. The molecule has 2 unspecified atom stereocenters. The Kier molecular flexibility index (Phi) is 4.10. The fourth-order valence-electron chi connectivity index (χ4n) is 4.40. The third-order valence-corrected chi connectivity index (χ3v) is 5.81. The number of benzene rings is 3. The molecule has 0 N–H and O–H groups in total. The molecule has 0 radical (unpaired) electrons. The van der Waals surface area contributed by atoms with Crippen molar-refractivity contribution in [2.45, 2.75) is 32.0 Å². The molecule has 0 aromatic heterocycles. The molecule has 2 heterocycles. The minimum absolute atomic E-state index is 0.313. The van der Waals surface area contributed by atoms with Gasteiger partial charge in [-0.05, 0) is 41.3 Å². The Hall–Kier alpha value is -2.78. The molecule has 2 aliphatic rings. The molecule has 0 bridgehead atoms. The van der Waals surface area contributed by atoms with Gasteiger partial charge in [0.25, 0.3) is 0 Å². The second-order valence-corrected chi connectivity index (χ2v) is 7.42. The molecule has 3 aromatic rings. The standard InChI is InChI=1S/C24H23NO2/c1-17-24(19-11-12-22-23(13-19)27-16-26-22)21-10-6-5-9-20(21)15-25(17)14-18-7-3-2-4-8-18/h2-13,17,24H,14-16H2,1H3. The van der Waals surface area contributed by atoms with Crippen molar-refractivity contribution < 1.29 is 9.47 Å². The van der Waals surface area contributed by atoms with E-state index in [0.717, 1.165) is 24.6 Å². The summed E-state index contributed by atoms with van der Waals surface area (Å²) in [4.78, 5) is 2.58. The van der Waals surface area contributed by atoms with Crippen LogP contribution < -0.4 is 9.47 Å². The minimum Gasteiger partial charge on any atom is -0.454 e. The van der Waals surface area contributed by atoms with Crippen molar-refractivity contribution in [1.82, 2.24) is 4.90 Å². The summed E-state index contributed by atoms with van der Waals surface area (Å²) in [5, 5.41) is 0. The monoisotopic (exact) mass is 357 g/mol. The van der Waals surface area contributed by atoms with Gasteiger partial charge in [0, 0.05) is 25.0 Å². The van der Waals surface area contributed by atoms with E-state index in [4.69, 9.17) is 9.47 Å². The summed E-state index contributed by atoms with van der Waals surface area (Å²) in [6, 6.07) is 26.4. The van der Waals surface area contributed by atoms with Gasteiger partial charge in [0.15, 0.2) is 11.5 Å². The molecule has 0 aliphatic carbocycles. The summed E-state index contributed by atoms with van der Waals surface area (Å²) in [5.74, 6) is 2.02. The Labute approximate surface area is 160 Å². The van der Waals surface area contributed by atoms with Gasteiger partial charge in [0.05, 0.1) is 0 Å². The van der Waals surface area contributed by atoms with Crippen molar-refractivity contribution in [2.24, 2.45) is 0 Å². The van der Waals surface area contributed by atoms with Gasteiger partial charge in [-0.2, -0.15) is 0 Å². The van der Waals surface area contributed by atoms with E-state index in [1.807, 2.05) is 6.07 Å². The number of ether oxygens (including phenoxy) is 2. The number of fused-ring (bicyclic) bond motifs is 2. The van der Waals surface area contributed by atoms with Crippen LogP contribution in [0.4, 0.5) is 0 Å². The molecule has 2 aliphatic heterocycles. The molecular formula is C24H23NO2. The Morgan fingerprint density at radius 2 is 1.67 bits per heavy atom. The van der Waals surface area contributed by atoms with Crippen LogP contribution in [0.1, 0.15) is 35.1 Å². The number of hydrogen-bond acceptors (Lipinski definition) is 3. The molecular weight excluding hydrogens is 334 g/mol. The highest BCUT2D eigenvalue weighted by molar-refractivity contribution is 5.49. The van der Waals surface area contributed by atoms with Crippen molar-refractivity contribution >= 4 is 0 Å². The predicted molar refractivity (Wildman–Crippen MR) is 106 cm³/mol. The van der Waals surface area contributed by atoms with Gasteiger partial charge in [-0.25, -0.2) is 0 Å². The molecule has 0 spiro atoms. The van der Waals surface area contributed by atoms with Crippen LogP contribution in [0.3, 0.4) is 0 Å². The maximum absolute atomic E-state index is 5.64. The summed E-state index contributed by atoms with van der Waals surface area (Å²) >= 11 is 0. The summed E-state index contributed by atoms with van der Waals surface area (Å²) in [7, 11) is 0. The lowest BCUT2D eigenvalue weighted by Crippen LogP contribution is -2.41. The Morgan fingerprint density at radius 1 is 0.889 bits per heavy atom. The zero-order valence-electron chi connectivity index (χ0n) is 15.5. The van der Waals surface area contributed by atoms with Gasteiger partial charge in [-0.1, -0.05) is 60.7 Å². The first-order valence-corrected chi connectivity index (χ1v) is 9.55. The third-order valence-electron chi connectivity index (χ3n) is 5.81. The fraction of sp³-hybridized carbons (Fsp3) is 0.250. The first-order chi connectivity index (χ1) is 13.3. The summed E-state index contributed by atoms with van der Waals surface area (Å²) in [6.45, 7) is 4.59. The first kappa shape index (κ1) is 16.4. The van der Waals surface area contributed by atoms with E-state index >= 15 is 0 Å². The first-order valence-electron chi connectivity index (χ1n) is 9.55. The van der Waals surface area contributed by atoms with Crippen LogP contribution in [0.5, 0.6) is 11.5 Å². The smallest absolute Gasteiger partial charge is 0.231 e. The van der Waals surface area contributed by atoms with Crippen molar-refractivity contribution in [3.8, 4) is 11.5 Å². The zero-order valence-corrected chi connectivity index (χ0v) is 15.5. The van der Waals surface area contributed by atoms with E-state index in [-0.39, 0.29) is 0 Å². The molecule has 5 rings (SSSR count). The Balaban J connectivity index is 1.54. The molecule has 2 atom stereocenters. The molecule has 27 heavy (non-hydrogen) atoms. The summed E-state index contributed by atoms with van der Waals surface area (Å²) in [5.41, 5.74) is 5.48. The van der Waals surface area contributed by atoms with Crippen molar-refractivity contribution in [1.29, 1.82) is 0 Å². The maximum Gasteiger partial charge on any atom is 0.231 e. The molecule has 3 nitrogen and oxygen atoms in total. The van der Waals surface area contributed by atoms with Crippen LogP contribution in [0.15, 0.2) is 72.8 Å². The van der Waals surface area contributed by atoms with Gasteiger partial charge in [-0.3, -0.25) is 4.90 Å². The van der Waals surface area contributed by atoms with Crippen LogP contribution in [0, 0.1) is 0 Å². The molecule has 0 saturated carbocycles. The van der Waals surface area contributed by atoms with E-state index in [2.05, 4.69) is 78.6 Å². The number of hydrogen-bond donors (Lipinski definition) is 0. The quantitative estimate of drug-likeness (QED) is 0.662. The van der Waals surface area contributed by atoms with Crippen LogP contribution in [-0.2, 0) is 13.1 Å². The fourth-order valence-corrected chi connectivity index (χ4v) is 4.40. The molecule has 136 valence electrons. The second-order valence-electron chi connectivity index (χ2n) is 7.42. The molecule has 3 heteroatoms. The Morgan fingerprint density at radius 3 is 2.56 bits per heavy atom. The predicted octanol–water partition coefficient (Wildman–Crippen LogP) is 4.95. The summed E-state index contributed by atoms with van der Waals surface area (Å²) < 4.78 is 11.1. The van der Waals surface area contributed by atoms with Gasteiger partial charge < -0.3 is 9.47 Å². The van der Waals surface area contributed by atoms with E-state index in [1.54, 1.807) is 0 Å². The maximum atomic E-state index is 5.64. The highest BCUT2D eigenvalue weighted by Crippen LogP contribution is 2.42. The van der Waals surface area contributed by atoms with Crippen molar-refractivity contribution in [2.75, 3.05) is 6.79 Å². The van der Waals surface area contributed by atoms with E-state index in [1.165, 1.54) is 22.3 Å². The van der Waals surface area contributed by atoms with E-state index in [9.17, 15) is 0 Å². The molecule has 0 amide bonds. The van der Waals surface area contributed by atoms with E-state index < -0.39 is 0 Å². The summed E-state index contributed by atoms with van der Waals surface area (Å²) in [6.07, 6.45) is 0. The minimum atomic E-state index is 0.313. The van der Waals surface area contributed by atoms with Gasteiger partial charge in [0.1, 0.15) is 0 Å². The highest BCUT2D eigenvalue weighted by Gasteiger charge is 2.33. The van der Waals surface area contributed by atoms with E-state index in [0.29, 0.717) is 18.8 Å². The number of nitrogens with zero attached hydrogens (tertiary/aromatic N) is 1. The van der Waals surface area contributed by atoms with Crippen LogP contribution in [0.2, 0.25) is 0 Å². The Bertz CT molecular complexity index is 954. The topological polar surface area (TPSA) is 21.7 Å². The zero-order chi connectivity index (χ0) is 18.2. The van der Waals surface area contributed by atoms with Crippen LogP contribution in [0.25, 0.3) is 0 Å². The van der Waals surface area contributed by atoms with Crippen LogP contribution >= 0.6 is 0 Å². The largest absolute Gasteiger partial charge is 0.454 e. The third kappa shape index (κ3) is 2.98. The lowest BCUT2D eigenvalue weighted by atomic mass is 9.79. The normalized spacial score (nSPS) is 21.1.